The molecule has 0 aromatic carbocycles. The van der Waals surface area contributed by atoms with E-state index >= 15 is 0 Å². The fraction of sp³-hybridized carbons (Fsp3) is 0.462. The molecule has 2 aliphatic carbocycles. The Hall–Kier alpha value is -4.37. The summed E-state index contributed by atoms with van der Waals surface area (Å²) >= 11 is 0. The molecule has 0 radical (unpaired) electrons. The molecule has 3 heterocycles. The molecule has 16 heteroatoms. The molecule has 0 saturated heterocycles. The molecule has 3 N–H and O–H groups in total. The third-order valence-electron chi connectivity index (χ3n) is 6.78. The van der Waals surface area contributed by atoms with Crippen molar-refractivity contribution in [3.63, 3.8) is 0 Å². The molecule has 0 aliphatic heterocycles. The number of hydrogen-bond acceptors (Lipinski definition) is 8. The number of anilines is 2. The van der Waals surface area contributed by atoms with Gasteiger partial charge in [0.2, 0.25) is 5.89 Å². The monoisotopic (exact) mass is 598 g/mol. The molecule has 11 nitrogen and oxygen atoms in total. The zero-order valence-electron chi connectivity index (χ0n) is 22.0. The molecule has 5 rings (SSSR count). The van der Waals surface area contributed by atoms with Gasteiger partial charge in [0, 0.05) is 30.4 Å². The highest BCUT2D eigenvalue weighted by atomic mass is 19.4. The summed E-state index contributed by atoms with van der Waals surface area (Å²) in [5, 5.41) is 16.9. The first kappa shape index (κ1) is 30.6. The lowest BCUT2D eigenvalue weighted by Crippen LogP contribution is -2.21. The minimum Gasteiger partial charge on any atom is -0.475 e. The Morgan fingerprint density at radius 1 is 1.17 bits per heavy atom. The molecule has 2 fully saturated rings. The fourth-order valence-corrected chi connectivity index (χ4v) is 4.28. The number of halogens is 5. The summed E-state index contributed by atoms with van der Waals surface area (Å²) in [7, 11) is 0. The normalized spacial score (nSPS) is 18.6. The molecule has 0 spiro atoms. The standard InChI is InChI=1S/C24H26F2N6O3.C2HF3O2/c25-22(26)21-18(11-32(31-21)17-5-3-15(12-33)4-6-17)29-23(34)19-13-35-24(30-19)16-7-8-27-20(9-16)28-10-14-1-2-14;3-2(4,5)1(6)7/h7-9,11-15,17,22H,1-6,10H2,(H,27,28)(H,29,34);(H,6,7). The SMILES string of the molecule is O=C(O)C(F)(F)F.O=CC1CCC(n2cc(NC(=O)c3coc(-c4ccnc(NCC5CC5)c4)n3)c(C(F)F)n2)CC1. The Labute approximate surface area is 235 Å². The van der Waals surface area contributed by atoms with Crippen LogP contribution in [0.25, 0.3) is 11.5 Å². The average Bonchev–Trinajstić information content (AvgIpc) is 3.47. The Balaban J connectivity index is 0.000000517. The first-order chi connectivity index (χ1) is 19.9. The van der Waals surface area contributed by atoms with Crippen molar-refractivity contribution >= 4 is 29.7 Å². The maximum Gasteiger partial charge on any atom is 0.490 e. The van der Waals surface area contributed by atoms with Gasteiger partial charge in [-0.25, -0.2) is 23.5 Å². The topological polar surface area (TPSA) is 152 Å². The molecular weight excluding hydrogens is 571 g/mol. The third kappa shape index (κ3) is 8.10. The number of carbonyl (C=O) groups is 3. The van der Waals surface area contributed by atoms with Crippen LogP contribution in [0.5, 0.6) is 0 Å². The number of nitrogens with one attached hydrogen (secondary N) is 2. The Morgan fingerprint density at radius 3 is 2.45 bits per heavy atom. The van der Waals surface area contributed by atoms with E-state index in [1.807, 2.05) is 0 Å². The lowest BCUT2D eigenvalue weighted by Gasteiger charge is -2.25. The predicted molar refractivity (Wildman–Crippen MR) is 137 cm³/mol. The summed E-state index contributed by atoms with van der Waals surface area (Å²) in [6.45, 7) is 0.856. The average molecular weight is 599 g/mol. The minimum absolute atomic E-state index is 0.00219. The second-order valence-electron chi connectivity index (χ2n) is 9.96. The number of amides is 1. The van der Waals surface area contributed by atoms with Crippen molar-refractivity contribution in [3.8, 4) is 11.5 Å². The van der Waals surface area contributed by atoms with Crippen molar-refractivity contribution in [2.75, 3.05) is 17.2 Å². The molecule has 3 aromatic heterocycles. The van der Waals surface area contributed by atoms with Gasteiger partial charge in [0.05, 0.1) is 11.7 Å². The van der Waals surface area contributed by atoms with Crippen LogP contribution in [0.3, 0.4) is 0 Å². The van der Waals surface area contributed by atoms with Crippen LogP contribution in [0.15, 0.2) is 35.2 Å². The third-order valence-corrected chi connectivity index (χ3v) is 6.78. The molecule has 42 heavy (non-hydrogen) atoms. The number of pyridine rings is 1. The Kier molecular flexibility index (Phi) is 9.52. The van der Waals surface area contributed by atoms with E-state index in [-0.39, 0.29) is 29.2 Å². The van der Waals surface area contributed by atoms with Crippen LogP contribution in [0.4, 0.5) is 33.5 Å². The maximum atomic E-state index is 13.6. The maximum absolute atomic E-state index is 13.6. The molecule has 226 valence electrons. The van der Waals surface area contributed by atoms with Crippen LogP contribution in [-0.2, 0) is 9.59 Å². The van der Waals surface area contributed by atoms with E-state index in [2.05, 4.69) is 25.7 Å². The quantitative estimate of drug-likeness (QED) is 0.214. The summed E-state index contributed by atoms with van der Waals surface area (Å²) in [5.41, 5.74) is 0.0377. The first-order valence-corrected chi connectivity index (χ1v) is 13.0. The lowest BCUT2D eigenvalue weighted by molar-refractivity contribution is -0.192. The van der Waals surface area contributed by atoms with Gasteiger partial charge in [0.1, 0.15) is 18.4 Å². The van der Waals surface area contributed by atoms with Crippen LogP contribution in [-0.4, -0.2) is 55.7 Å². The van der Waals surface area contributed by atoms with E-state index < -0.39 is 30.2 Å². The number of carboxylic acid groups (broad SMARTS) is 1. The number of carbonyl (C=O) groups excluding carboxylic acids is 2. The van der Waals surface area contributed by atoms with Crippen molar-refractivity contribution in [1.29, 1.82) is 0 Å². The fourth-order valence-electron chi connectivity index (χ4n) is 4.28. The highest BCUT2D eigenvalue weighted by Gasteiger charge is 2.38. The van der Waals surface area contributed by atoms with E-state index in [1.165, 1.54) is 30.0 Å². The number of alkyl halides is 5. The zero-order valence-corrected chi connectivity index (χ0v) is 22.0. The number of oxazole rings is 1. The van der Waals surface area contributed by atoms with Crippen molar-refractivity contribution in [3.05, 3.63) is 42.2 Å². The van der Waals surface area contributed by atoms with Crippen molar-refractivity contribution in [2.45, 2.75) is 57.2 Å². The lowest BCUT2D eigenvalue weighted by atomic mass is 9.87. The van der Waals surface area contributed by atoms with E-state index in [1.54, 1.807) is 18.3 Å². The molecular formula is C26H27F5N6O5. The van der Waals surface area contributed by atoms with Gasteiger partial charge in [0.15, 0.2) is 11.4 Å². The van der Waals surface area contributed by atoms with Gasteiger partial charge in [0.25, 0.3) is 12.3 Å². The van der Waals surface area contributed by atoms with Crippen LogP contribution >= 0.6 is 0 Å². The summed E-state index contributed by atoms with van der Waals surface area (Å²) in [6.07, 6.45) is 2.39. The molecule has 0 unspecified atom stereocenters. The highest BCUT2D eigenvalue weighted by Crippen LogP contribution is 2.34. The number of rotatable bonds is 9. The number of aldehydes is 1. The molecule has 0 atom stereocenters. The number of nitrogens with zero attached hydrogens (tertiary/aromatic N) is 4. The van der Waals surface area contributed by atoms with Crippen LogP contribution in [0.2, 0.25) is 0 Å². The number of hydrogen-bond donors (Lipinski definition) is 3. The molecule has 2 saturated carbocycles. The molecule has 2 aliphatic rings. The number of carboxylic acids is 1. The summed E-state index contributed by atoms with van der Waals surface area (Å²) in [6, 6.07) is 3.41. The summed E-state index contributed by atoms with van der Waals surface area (Å²) < 4.78 is 66.0. The van der Waals surface area contributed by atoms with Gasteiger partial charge < -0.3 is 25.0 Å². The van der Waals surface area contributed by atoms with Crippen LogP contribution in [0.1, 0.15) is 67.2 Å². The summed E-state index contributed by atoms with van der Waals surface area (Å²) in [5.74, 6) is -1.83. The van der Waals surface area contributed by atoms with Crippen LogP contribution in [0, 0.1) is 11.8 Å². The largest absolute Gasteiger partial charge is 0.490 e. The van der Waals surface area contributed by atoms with E-state index in [0.717, 1.165) is 12.8 Å². The van der Waals surface area contributed by atoms with E-state index in [4.69, 9.17) is 14.3 Å². The van der Waals surface area contributed by atoms with Crippen molar-refractivity contribution < 1.29 is 45.9 Å². The summed E-state index contributed by atoms with van der Waals surface area (Å²) in [4.78, 5) is 41.2. The Bertz CT molecular complexity index is 1400. The van der Waals surface area contributed by atoms with Gasteiger partial charge in [-0.15, -0.1) is 0 Å². The van der Waals surface area contributed by atoms with Gasteiger partial charge in [-0.05, 0) is 56.6 Å². The first-order valence-electron chi connectivity index (χ1n) is 13.0. The van der Waals surface area contributed by atoms with Crippen LogP contribution < -0.4 is 10.6 Å². The van der Waals surface area contributed by atoms with Crippen molar-refractivity contribution in [1.82, 2.24) is 19.7 Å². The molecule has 0 bridgehead atoms. The second-order valence-corrected chi connectivity index (χ2v) is 9.96. The minimum atomic E-state index is -5.08. The molecule has 1 amide bonds. The van der Waals surface area contributed by atoms with Gasteiger partial charge in [-0.3, -0.25) is 9.48 Å². The van der Waals surface area contributed by atoms with Crippen molar-refractivity contribution in [2.24, 2.45) is 11.8 Å². The van der Waals surface area contributed by atoms with E-state index in [9.17, 15) is 31.5 Å². The molecule has 3 aromatic rings. The van der Waals surface area contributed by atoms with Gasteiger partial charge in [-0.1, -0.05) is 0 Å². The smallest absolute Gasteiger partial charge is 0.475 e. The number of aromatic nitrogens is 4. The highest BCUT2D eigenvalue weighted by molar-refractivity contribution is 6.03. The Morgan fingerprint density at radius 2 is 1.86 bits per heavy atom. The van der Waals surface area contributed by atoms with E-state index in [0.29, 0.717) is 43.0 Å². The zero-order chi connectivity index (χ0) is 30.4. The van der Waals surface area contributed by atoms with Gasteiger partial charge in [-0.2, -0.15) is 18.3 Å². The van der Waals surface area contributed by atoms with Gasteiger partial charge >= 0.3 is 12.1 Å². The predicted octanol–water partition coefficient (Wildman–Crippen LogP) is 5.51. The second kappa shape index (κ2) is 13.1. The number of aliphatic carboxylic acids is 1.